The molecule has 1 aromatic heterocycles. The summed E-state index contributed by atoms with van der Waals surface area (Å²) in [6.45, 7) is 0. The monoisotopic (exact) mass is 316 g/mol. The number of anilines is 1. The van der Waals surface area contributed by atoms with Gasteiger partial charge in [-0.15, -0.1) is 0 Å². The molecule has 7 nitrogen and oxygen atoms in total. The van der Waals surface area contributed by atoms with Crippen molar-refractivity contribution in [2.24, 2.45) is 0 Å². The van der Waals surface area contributed by atoms with E-state index in [9.17, 15) is 19.8 Å². The van der Waals surface area contributed by atoms with Gasteiger partial charge in [0.05, 0.1) is 0 Å². The summed E-state index contributed by atoms with van der Waals surface area (Å²) < 4.78 is 4.77. The lowest BCUT2D eigenvalue weighted by Crippen LogP contribution is -2.50. The molecular weight excluding hydrogens is 300 g/mol. The van der Waals surface area contributed by atoms with Crippen LogP contribution in [0.3, 0.4) is 0 Å². The average Bonchev–Trinajstić information content (AvgIpc) is 2.53. The van der Waals surface area contributed by atoms with Crippen molar-refractivity contribution in [3.63, 3.8) is 0 Å². The maximum absolute atomic E-state index is 11.3. The predicted molar refractivity (Wildman–Crippen MR) is 82.8 cm³/mol. The molecule has 0 bridgehead atoms. The van der Waals surface area contributed by atoms with E-state index < -0.39 is 17.5 Å². The van der Waals surface area contributed by atoms with Crippen molar-refractivity contribution >= 4 is 17.8 Å². The van der Waals surface area contributed by atoms with E-state index in [1.807, 2.05) is 6.07 Å². The number of carboxylic acids is 2. The lowest BCUT2D eigenvalue weighted by molar-refractivity contribution is -0.179. The molecule has 1 heterocycles. The quantitative estimate of drug-likeness (QED) is 0.689. The van der Waals surface area contributed by atoms with Gasteiger partial charge in [0.15, 0.2) is 0 Å². The van der Waals surface area contributed by atoms with Crippen LogP contribution in [0.5, 0.6) is 0 Å². The van der Waals surface area contributed by atoms with Gasteiger partial charge < -0.3 is 20.7 Å². The normalized spacial score (nSPS) is 11.2. The van der Waals surface area contributed by atoms with Crippen LogP contribution in [0.2, 0.25) is 0 Å². The van der Waals surface area contributed by atoms with Crippen molar-refractivity contribution in [3.05, 3.63) is 48.2 Å². The Labute approximate surface area is 132 Å². The fourth-order valence-electron chi connectivity index (χ4n) is 2.24. The van der Waals surface area contributed by atoms with Crippen LogP contribution in [0, 0.1) is 0 Å². The summed E-state index contributed by atoms with van der Waals surface area (Å²) in [5.74, 6) is -2.72. The molecule has 0 amide bonds. The SMILES string of the molecule is COC(Cc1ccc(-c2cccnc2N)cc1)(C(=O)O)C(=O)O. The van der Waals surface area contributed by atoms with Crippen LogP contribution in [0.25, 0.3) is 11.1 Å². The number of methoxy groups -OCH3 is 1. The van der Waals surface area contributed by atoms with Gasteiger partial charge in [-0.25, -0.2) is 14.6 Å². The van der Waals surface area contributed by atoms with Crippen LogP contribution < -0.4 is 5.73 Å². The molecular formula is C16H16N2O5. The molecule has 2 rings (SSSR count). The van der Waals surface area contributed by atoms with Crippen LogP contribution in [-0.4, -0.2) is 39.8 Å². The molecule has 4 N–H and O–H groups in total. The summed E-state index contributed by atoms with van der Waals surface area (Å²) in [6.07, 6.45) is 1.29. The van der Waals surface area contributed by atoms with Crippen molar-refractivity contribution in [1.82, 2.24) is 4.98 Å². The number of carboxylic acid groups (broad SMARTS) is 2. The third-order valence-electron chi connectivity index (χ3n) is 3.60. The Bertz CT molecular complexity index is 714. The van der Waals surface area contributed by atoms with Crippen molar-refractivity contribution < 1.29 is 24.5 Å². The zero-order valence-corrected chi connectivity index (χ0v) is 12.4. The Hall–Kier alpha value is -2.93. The highest BCUT2D eigenvalue weighted by Gasteiger charge is 2.47. The Morgan fingerprint density at radius 1 is 1.17 bits per heavy atom. The van der Waals surface area contributed by atoms with E-state index in [-0.39, 0.29) is 6.42 Å². The Morgan fingerprint density at radius 3 is 2.26 bits per heavy atom. The van der Waals surface area contributed by atoms with Gasteiger partial charge in [-0.3, -0.25) is 0 Å². The van der Waals surface area contributed by atoms with Crippen molar-refractivity contribution in [2.75, 3.05) is 12.8 Å². The highest BCUT2D eigenvalue weighted by atomic mass is 16.5. The number of aromatic nitrogens is 1. The summed E-state index contributed by atoms with van der Waals surface area (Å²) in [5.41, 5.74) is 5.56. The summed E-state index contributed by atoms with van der Waals surface area (Å²) >= 11 is 0. The Balaban J connectivity index is 2.31. The fraction of sp³-hybridized carbons (Fsp3) is 0.188. The minimum absolute atomic E-state index is 0.295. The molecule has 120 valence electrons. The Morgan fingerprint density at radius 2 is 1.78 bits per heavy atom. The topological polar surface area (TPSA) is 123 Å². The molecule has 0 aliphatic carbocycles. The third kappa shape index (κ3) is 3.14. The van der Waals surface area contributed by atoms with E-state index in [4.69, 9.17) is 10.5 Å². The van der Waals surface area contributed by atoms with Gasteiger partial charge in [0.1, 0.15) is 5.82 Å². The molecule has 0 spiro atoms. The van der Waals surface area contributed by atoms with Gasteiger partial charge in [0.25, 0.3) is 5.60 Å². The predicted octanol–water partition coefficient (Wildman–Crippen LogP) is 1.43. The van der Waals surface area contributed by atoms with Crippen LogP contribution in [0.4, 0.5) is 5.82 Å². The summed E-state index contributed by atoms with van der Waals surface area (Å²) in [6, 6.07) is 10.3. The highest BCUT2D eigenvalue weighted by molar-refractivity contribution is 6.02. The summed E-state index contributed by atoms with van der Waals surface area (Å²) in [5, 5.41) is 18.4. The van der Waals surface area contributed by atoms with Gasteiger partial charge in [0, 0.05) is 25.3 Å². The number of pyridine rings is 1. The van der Waals surface area contributed by atoms with Crippen molar-refractivity contribution in [3.8, 4) is 11.1 Å². The van der Waals surface area contributed by atoms with Gasteiger partial charge >= 0.3 is 11.9 Å². The fourth-order valence-corrected chi connectivity index (χ4v) is 2.24. The third-order valence-corrected chi connectivity index (χ3v) is 3.60. The lowest BCUT2D eigenvalue weighted by Gasteiger charge is -2.23. The first-order valence-corrected chi connectivity index (χ1v) is 6.72. The molecule has 0 saturated heterocycles. The van der Waals surface area contributed by atoms with E-state index in [1.54, 1.807) is 36.5 Å². The first-order valence-electron chi connectivity index (χ1n) is 6.72. The van der Waals surface area contributed by atoms with Gasteiger partial charge in [-0.2, -0.15) is 0 Å². The number of carbonyl (C=O) groups is 2. The van der Waals surface area contributed by atoms with Crippen LogP contribution in [0.15, 0.2) is 42.6 Å². The van der Waals surface area contributed by atoms with Gasteiger partial charge in [0.2, 0.25) is 0 Å². The smallest absolute Gasteiger partial charge is 0.348 e. The zero-order chi connectivity index (χ0) is 17.0. The molecule has 0 radical (unpaired) electrons. The second-order valence-electron chi connectivity index (χ2n) is 4.95. The van der Waals surface area contributed by atoms with Crippen molar-refractivity contribution in [2.45, 2.75) is 12.0 Å². The molecule has 23 heavy (non-hydrogen) atoms. The summed E-state index contributed by atoms with van der Waals surface area (Å²) in [4.78, 5) is 26.6. The second-order valence-corrected chi connectivity index (χ2v) is 4.95. The minimum atomic E-state index is -2.31. The highest BCUT2D eigenvalue weighted by Crippen LogP contribution is 2.26. The standard InChI is InChI=1S/C16H16N2O5/c1-23-16(14(19)20,15(21)22)9-10-4-6-11(7-5-10)12-3-2-8-18-13(12)17/h2-8H,9H2,1H3,(H2,17,18)(H,19,20)(H,21,22). The average molecular weight is 316 g/mol. The number of rotatable bonds is 6. The van der Waals surface area contributed by atoms with Gasteiger partial charge in [-0.05, 0) is 23.3 Å². The number of aliphatic carboxylic acids is 2. The lowest BCUT2D eigenvalue weighted by atomic mass is 9.93. The maximum Gasteiger partial charge on any atom is 0.348 e. The number of hydrogen-bond acceptors (Lipinski definition) is 5. The maximum atomic E-state index is 11.3. The molecule has 1 aromatic carbocycles. The molecule has 0 aliphatic rings. The number of ether oxygens (including phenoxy) is 1. The first-order chi connectivity index (χ1) is 10.9. The molecule has 0 fully saturated rings. The molecule has 0 saturated carbocycles. The first kappa shape index (κ1) is 16.4. The minimum Gasteiger partial charge on any atom is -0.479 e. The number of benzene rings is 1. The van der Waals surface area contributed by atoms with E-state index in [1.165, 1.54) is 0 Å². The Kier molecular flexibility index (Phi) is 4.61. The largest absolute Gasteiger partial charge is 0.479 e. The molecule has 7 heteroatoms. The summed E-state index contributed by atoms with van der Waals surface area (Å²) in [7, 11) is 1.06. The number of nitrogens with zero attached hydrogens (tertiary/aromatic N) is 1. The van der Waals surface area contributed by atoms with E-state index >= 15 is 0 Å². The van der Waals surface area contributed by atoms with E-state index in [0.717, 1.165) is 18.2 Å². The molecule has 0 aliphatic heterocycles. The molecule has 0 atom stereocenters. The number of hydrogen-bond donors (Lipinski definition) is 3. The van der Waals surface area contributed by atoms with E-state index in [2.05, 4.69) is 4.98 Å². The second kappa shape index (κ2) is 6.45. The van der Waals surface area contributed by atoms with E-state index in [0.29, 0.717) is 11.4 Å². The van der Waals surface area contributed by atoms with Crippen LogP contribution in [0.1, 0.15) is 5.56 Å². The number of nitrogen functional groups attached to an aromatic ring is 1. The van der Waals surface area contributed by atoms with Crippen molar-refractivity contribution in [1.29, 1.82) is 0 Å². The zero-order valence-electron chi connectivity index (χ0n) is 12.4. The number of nitrogens with two attached hydrogens (primary N) is 1. The molecule has 0 unspecified atom stereocenters. The van der Waals surface area contributed by atoms with Crippen LogP contribution in [-0.2, 0) is 20.7 Å². The van der Waals surface area contributed by atoms with Gasteiger partial charge in [-0.1, -0.05) is 24.3 Å². The molecule has 2 aromatic rings. The van der Waals surface area contributed by atoms with Crippen LogP contribution >= 0.6 is 0 Å².